The van der Waals surface area contributed by atoms with E-state index in [9.17, 15) is 14.4 Å². The zero-order valence-electron chi connectivity index (χ0n) is 14.7. The predicted molar refractivity (Wildman–Crippen MR) is 88.4 cm³/mol. The second-order valence-electron chi connectivity index (χ2n) is 4.00. The van der Waals surface area contributed by atoms with Crippen LogP contribution in [-0.4, -0.2) is 47.4 Å². The van der Waals surface area contributed by atoms with E-state index in [1.165, 1.54) is 0 Å². The number of aliphatic carboxylic acids is 1. The van der Waals surface area contributed by atoms with Crippen molar-refractivity contribution in [2.45, 2.75) is 53.4 Å². The normalized spacial score (nSPS) is 7.91. The Kier molecular flexibility index (Phi) is 24.6. The summed E-state index contributed by atoms with van der Waals surface area (Å²) in [5, 5.41) is 10.2. The molecule has 0 spiro atoms. The first-order chi connectivity index (χ1) is 9.71. The molecule has 0 saturated heterocycles. The monoisotopic (exact) mass is 320 g/mol. The highest BCUT2D eigenvalue weighted by Crippen LogP contribution is 2.03. The molecule has 0 aliphatic rings. The quantitative estimate of drug-likeness (QED) is 0.799. The lowest BCUT2D eigenvalue weighted by molar-refractivity contribution is -0.136. The molecule has 132 valence electrons. The van der Waals surface area contributed by atoms with Gasteiger partial charge in [0.1, 0.15) is 0 Å². The average molecular weight is 320 g/mol. The largest absolute Gasteiger partial charge is 0.481 e. The predicted octanol–water partition coefficient (Wildman–Crippen LogP) is 1.58. The summed E-state index contributed by atoms with van der Waals surface area (Å²) in [6, 6.07) is 0. The molecule has 22 heavy (non-hydrogen) atoms. The van der Waals surface area contributed by atoms with Crippen molar-refractivity contribution in [3.63, 3.8) is 0 Å². The van der Waals surface area contributed by atoms with E-state index >= 15 is 0 Å². The maximum absolute atomic E-state index is 11.0. The van der Waals surface area contributed by atoms with Crippen LogP contribution in [0, 0.1) is 0 Å². The summed E-state index contributed by atoms with van der Waals surface area (Å²) in [6.07, 6.45) is 2.19. The first kappa shape index (κ1) is 28.3. The van der Waals surface area contributed by atoms with Crippen molar-refractivity contribution < 1.29 is 25.0 Å². The van der Waals surface area contributed by atoms with Gasteiger partial charge in [-0.25, -0.2) is 0 Å². The first-order valence-corrected chi connectivity index (χ1v) is 7.08. The van der Waals surface area contributed by atoms with Crippen LogP contribution >= 0.6 is 0 Å². The first-order valence-electron chi connectivity index (χ1n) is 7.08. The van der Waals surface area contributed by atoms with Gasteiger partial charge in [0.25, 0.3) is 0 Å². The Morgan fingerprint density at radius 1 is 1.00 bits per heavy atom. The third-order valence-corrected chi connectivity index (χ3v) is 2.46. The Morgan fingerprint density at radius 2 is 1.41 bits per heavy atom. The molecule has 0 aromatic rings. The van der Waals surface area contributed by atoms with Crippen LogP contribution < -0.4 is 5.32 Å². The van der Waals surface area contributed by atoms with Crippen LogP contribution in [-0.2, 0) is 14.4 Å². The lowest BCUT2D eigenvalue weighted by Crippen LogP contribution is -2.24. The van der Waals surface area contributed by atoms with E-state index in [1.54, 1.807) is 25.9 Å². The van der Waals surface area contributed by atoms with Gasteiger partial charge in [0.05, 0.1) is 0 Å². The molecule has 0 fully saturated rings. The van der Waals surface area contributed by atoms with Crippen molar-refractivity contribution in [3.8, 4) is 0 Å². The smallest absolute Gasteiger partial charge is 0.303 e. The average Bonchev–Trinajstić information content (AvgIpc) is 2.52. The lowest BCUT2D eigenvalue weighted by Gasteiger charge is -2.17. The highest BCUT2D eigenvalue weighted by atomic mass is 16.4. The van der Waals surface area contributed by atoms with Crippen molar-refractivity contribution in [1.82, 2.24) is 10.2 Å². The number of rotatable bonds is 5. The number of hydrogen-bond acceptors (Lipinski definition) is 3. The molecular formula is C15H32N2O5. The maximum Gasteiger partial charge on any atom is 0.303 e. The number of carboxylic acid groups (broad SMARTS) is 1. The summed E-state index contributed by atoms with van der Waals surface area (Å²) >= 11 is 0. The van der Waals surface area contributed by atoms with E-state index in [4.69, 9.17) is 5.11 Å². The Balaban J connectivity index is -0.000000117. The fourth-order valence-corrected chi connectivity index (χ4v) is 0.827. The number of hydrogen-bond donors (Lipinski definition) is 2. The third kappa shape index (κ3) is 20.4. The van der Waals surface area contributed by atoms with Crippen molar-refractivity contribution in [1.29, 1.82) is 0 Å². The van der Waals surface area contributed by atoms with E-state index in [0.29, 0.717) is 12.8 Å². The number of nitrogens with zero attached hydrogens (tertiary/aromatic N) is 1. The van der Waals surface area contributed by atoms with E-state index in [0.717, 1.165) is 12.1 Å². The topological polar surface area (TPSA) is 118 Å². The van der Waals surface area contributed by atoms with Crippen LogP contribution in [0.1, 0.15) is 53.4 Å². The number of amides is 2. The van der Waals surface area contributed by atoms with Gasteiger partial charge in [0.15, 0.2) is 0 Å². The third-order valence-electron chi connectivity index (χ3n) is 2.46. The molecule has 0 bridgehead atoms. The number of carbonyl (C=O) groups is 3. The molecule has 0 aromatic heterocycles. The van der Waals surface area contributed by atoms with Crippen molar-refractivity contribution in [2.24, 2.45) is 0 Å². The fraction of sp³-hybridized carbons (Fsp3) is 0.667. The molecule has 0 unspecified atom stereocenters. The standard InChI is InChI=1S/C8H15NO.C4H9NO.C3H6O2.H2O/c1-5-7(3)9(4)8(10)6-2;1-3-4(6)5-2;1-2-3(4)5;/h3,5-6H2,1-2,4H3;3H2,1-2H3,(H,5,6);2H2,1H3,(H,4,5);1H2. The van der Waals surface area contributed by atoms with Crippen LogP contribution in [0.15, 0.2) is 12.3 Å². The minimum absolute atomic E-state index is 0. The van der Waals surface area contributed by atoms with Gasteiger partial charge in [0.2, 0.25) is 11.8 Å². The summed E-state index contributed by atoms with van der Waals surface area (Å²) < 4.78 is 0. The summed E-state index contributed by atoms with van der Waals surface area (Å²) in [5.41, 5.74) is 0.881. The van der Waals surface area contributed by atoms with Gasteiger partial charge in [-0.3, -0.25) is 14.4 Å². The second kappa shape index (κ2) is 19.1. The molecule has 4 N–H and O–H groups in total. The number of carbonyl (C=O) groups excluding carboxylic acids is 2. The van der Waals surface area contributed by atoms with E-state index < -0.39 is 5.97 Å². The molecule has 7 heteroatoms. The van der Waals surface area contributed by atoms with E-state index in [1.807, 2.05) is 20.8 Å². The van der Waals surface area contributed by atoms with Crippen LogP contribution in [0.3, 0.4) is 0 Å². The van der Waals surface area contributed by atoms with Crippen LogP contribution in [0.5, 0.6) is 0 Å². The Labute approximate surface area is 133 Å². The van der Waals surface area contributed by atoms with Gasteiger partial charge < -0.3 is 20.8 Å². The van der Waals surface area contributed by atoms with E-state index in [-0.39, 0.29) is 23.7 Å². The molecule has 0 aromatic carbocycles. The van der Waals surface area contributed by atoms with Gasteiger partial charge in [-0.05, 0) is 6.42 Å². The molecule has 7 nitrogen and oxygen atoms in total. The van der Waals surface area contributed by atoms with Gasteiger partial charge in [0, 0.05) is 39.1 Å². The SMILES string of the molecule is C=C(CC)N(C)C(=O)CC.CCC(=O)NC.CCC(=O)O.O. The lowest BCUT2D eigenvalue weighted by atomic mass is 10.3. The Bertz CT molecular complexity index is 308. The fourth-order valence-electron chi connectivity index (χ4n) is 0.827. The molecular weight excluding hydrogens is 288 g/mol. The molecule has 0 saturated carbocycles. The Hall–Kier alpha value is -1.89. The van der Waals surface area contributed by atoms with Crippen molar-refractivity contribution in [3.05, 3.63) is 12.3 Å². The molecule has 0 atom stereocenters. The Morgan fingerprint density at radius 3 is 1.55 bits per heavy atom. The molecule has 0 heterocycles. The zero-order valence-corrected chi connectivity index (χ0v) is 14.7. The van der Waals surface area contributed by atoms with E-state index in [2.05, 4.69) is 11.9 Å². The summed E-state index contributed by atoms with van der Waals surface area (Å²) in [5.74, 6) is -0.521. The summed E-state index contributed by atoms with van der Waals surface area (Å²) in [7, 11) is 3.39. The van der Waals surface area contributed by atoms with Gasteiger partial charge in [-0.1, -0.05) is 34.3 Å². The molecule has 2 amide bonds. The second-order valence-corrected chi connectivity index (χ2v) is 4.00. The molecule has 0 aliphatic carbocycles. The number of allylic oxidation sites excluding steroid dienone is 1. The molecule has 0 rings (SSSR count). The van der Waals surface area contributed by atoms with Crippen molar-refractivity contribution in [2.75, 3.05) is 14.1 Å². The van der Waals surface area contributed by atoms with Crippen LogP contribution in [0.25, 0.3) is 0 Å². The summed E-state index contributed by atoms with van der Waals surface area (Å²) in [4.78, 5) is 32.0. The highest BCUT2D eigenvalue weighted by Gasteiger charge is 2.06. The van der Waals surface area contributed by atoms with Crippen molar-refractivity contribution >= 4 is 17.8 Å². The number of carboxylic acids is 1. The number of nitrogens with one attached hydrogen (secondary N) is 1. The van der Waals surface area contributed by atoms with Gasteiger partial charge in [-0.2, -0.15) is 0 Å². The zero-order chi connectivity index (χ0) is 17.4. The molecule has 0 radical (unpaired) electrons. The van der Waals surface area contributed by atoms with Crippen LogP contribution in [0.4, 0.5) is 0 Å². The minimum atomic E-state index is -0.745. The molecule has 0 aliphatic heterocycles. The van der Waals surface area contributed by atoms with Gasteiger partial charge >= 0.3 is 5.97 Å². The van der Waals surface area contributed by atoms with Crippen LogP contribution in [0.2, 0.25) is 0 Å². The minimum Gasteiger partial charge on any atom is -0.481 e. The maximum atomic E-state index is 11.0. The summed E-state index contributed by atoms with van der Waals surface area (Å²) in [6.45, 7) is 11.0. The van der Waals surface area contributed by atoms with Gasteiger partial charge in [-0.15, -0.1) is 0 Å². The highest BCUT2D eigenvalue weighted by molar-refractivity contribution is 5.77.